The Bertz CT molecular complexity index is 3920. The number of fused-ring (bicyclic) bond motifs is 9. The molecular formula is C62H39NO2. The van der Waals surface area contributed by atoms with Crippen molar-refractivity contribution in [3.05, 3.63) is 237 Å². The Balaban J connectivity index is 0.950. The van der Waals surface area contributed by atoms with Crippen LogP contribution >= 0.6 is 0 Å². The van der Waals surface area contributed by atoms with Crippen molar-refractivity contribution in [2.45, 2.75) is 0 Å². The number of hydrogen-bond acceptors (Lipinski definition) is 3. The fourth-order valence-corrected chi connectivity index (χ4v) is 10.0. The highest BCUT2D eigenvalue weighted by molar-refractivity contribution is 6.17. The number of rotatable bonds is 7. The lowest BCUT2D eigenvalue weighted by molar-refractivity contribution is 0.670. The molecule has 0 bridgehead atoms. The van der Waals surface area contributed by atoms with Crippen molar-refractivity contribution in [1.82, 2.24) is 0 Å². The van der Waals surface area contributed by atoms with E-state index in [0.717, 1.165) is 105 Å². The van der Waals surface area contributed by atoms with E-state index in [1.54, 1.807) is 0 Å². The maximum atomic E-state index is 6.83. The molecule has 2 heterocycles. The zero-order valence-electron chi connectivity index (χ0n) is 35.3. The normalized spacial score (nSPS) is 11.7. The average molecular weight is 830 g/mol. The molecule has 0 aliphatic carbocycles. The largest absolute Gasteiger partial charge is 0.455 e. The van der Waals surface area contributed by atoms with Crippen LogP contribution in [0.3, 0.4) is 0 Å². The molecular weight excluding hydrogens is 791 g/mol. The fourth-order valence-electron chi connectivity index (χ4n) is 10.0. The lowest BCUT2D eigenvalue weighted by Crippen LogP contribution is -2.10. The van der Waals surface area contributed by atoms with Crippen molar-refractivity contribution in [2.75, 3.05) is 4.90 Å². The molecule has 0 fully saturated rings. The van der Waals surface area contributed by atoms with Crippen molar-refractivity contribution >= 4 is 82.5 Å². The van der Waals surface area contributed by atoms with Gasteiger partial charge in [0.05, 0.1) is 5.69 Å². The minimum atomic E-state index is 0.885. The van der Waals surface area contributed by atoms with Gasteiger partial charge >= 0.3 is 0 Å². The van der Waals surface area contributed by atoms with Gasteiger partial charge in [-0.2, -0.15) is 0 Å². The zero-order chi connectivity index (χ0) is 42.8. The summed E-state index contributed by atoms with van der Waals surface area (Å²) in [6.07, 6.45) is 0. The molecule has 304 valence electrons. The van der Waals surface area contributed by atoms with E-state index in [2.05, 4.69) is 235 Å². The van der Waals surface area contributed by atoms with Gasteiger partial charge in [0.1, 0.15) is 22.3 Å². The zero-order valence-corrected chi connectivity index (χ0v) is 35.3. The maximum absolute atomic E-state index is 6.83. The van der Waals surface area contributed by atoms with E-state index in [9.17, 15) is 0 Å². The van der Waals surface area contributed by atoms with E-state index in [1.165, 1.54) is 21.5 Å². The number of hydrogen-bond donors (Lipinski definition) is 0. The van der Waals surface area contributed by atoms with Crippen LogP contribution in [0.15, 0.2) is 245 Å². The molecule has 0 saturated heterocycles. The summed E-state index contributed by atoms with van der Waals surface area (Å²) >= 11 is 0. The lowest BCUT2D eigenvalue weighted by Gasteiger charge is -2.27. The van der Waals surface area contributed by atoms with Crippen LogP contribution in [0.4, 0.5) is 17.1 Å². The van der Waals surface area contributed by atoms with E-state index in [0.29, 0.717) is 0 Å². The van der Waals surface area contributed by atoms with Crippen molar-refractivity contribution in [2.24, 2.45) is 0 Å². The van der Waals surface area contributed by atoms with Crippen LogP contribution in [0.25, 0.3) is 110 Å². The second-order valence-corrected chi connectivity index (χ2v) is 16.7. The molecule has 0 N–H and O–H groups in total. The highest BCUT2D eigenvalue weighted by atomic mass is 16.3. The van der Waals surface area contributed by atoms with Crippen LogP contribution in [0.2, 0.25) is 0 Å². The molecule has 0 amide bonds. The second kappa shape index (κ2) is 15.0. The topological polar surface area (TPSA) is 29.5 Å². The SMILES string of the molecule is c1ccc(-c2cccc3c2oc2c(-c4ccc(N(c5ccc(-c6ccc(-c7ccccc7)c7oc8ccccc8c67)cc5)c5cccc6c5ccc5ccccc56)cc4)cccc23)cc1. The predicted molar refractivity (Wildman–Crippen MR) is 272 cm³/mol. The minimum absolute atomic E-state index is 0.885. The average Bonchev–Trinajstić information content (AvgIpc) is 3.97. The third-order valence-electron chi connectivity index (χ3n) is 13.1. The van der Waals surface area contributed by atoms with Gasteiger partial charge in [-0.05, 0) is 86.4 Å². The van der Waals surface area contributed by atoms with Gasteiger partial charge in [0, 0.05) is 55.0 Å². The van der Waals surface area contributed by atoms with Gasteiger partial charge in [0.25, 0.3) is 0 Å². The molecule has 0 aliphatic heterocycles. The summed E-state index contributed by atoms with van der Waals surface area (Å²) < 4.78 is 13.5. The van der Waals surface area contributed by atoms with Crippen LogP contribution in [0.1, 0.15) is 0 Å². The molecule has 0 unspecified atom stereocenters. The number of anilines is 3. The molecule has 0 radical (unpaired) electrons. The van der Waals surface area contributed by atoms with E-state index in [1.807, 2.05) is 6.07 Å². The summed E-state index contributed by atoms with van der Waals surface area (Å²) in [6, 6.07) is 84.5. The first-order valence-electron chi connectivity index (χ1n) is 22.2. The van der Waals surface area contributed by atoms with Gasteiger partial charge in [-0.15, -0.1) is 0 Å². The van der Waals surface area contributed by atoms with Crippen molar-refractivity contribution < 1.29 is 8.83 Å². The van der Waals surface area contributed by atoms with E-state index < -0.39 is 0 Å². The van der Waals surface area contributed by atoms with Crippen LogP contribution < -0.4 is 4.90 Å². The minimum Gasteiger partial charge on any atom is -0.455 e. The molecule has 0 saturated carbocycles. The Morgan fingerprint density at radius 3 is 1.42 bits per heavy atom. The highest BCUT2D eigenvalue weighted by Crippen LogP contribution is 2.46. The van der Waals surface area contributed by atoms with E-state index >= 15 is 0 Å². The molecule has 0 spiro atoms. The molecule has 3 nitrogen and oxygen atoms in total. The third kappa shape index (κ3) is 6.05. The number of para-hydroxylation sites is 3. The Kier molecular flexibility index (Phi) is 8.53. The summed E-state index contributed by atoms with van der Waals surface area (Å²) in [5.74, 6) is 0. The van der Waals surface area contributed by atoms with Gasteiger partial charge < -0.3 is 13.7 Å². The second-order valence-electron chi connectivity index (χ2n) is 16.7. The van der Waals surface area contributed by atoms with E-state index in [-0.39, 0.29) is 0 Å². The maximum Gasteiger partial charge on any atom is 0.143 e. The van der Waals surface area contributed by atoms with Crippen LogP contribution in [0, 0.1) is 0 Å². The molecule has 11 aromatic carbocycles. The number of nitrogens with zero attached hydrogens (tertiary/aromatic N) is 1. The number of furan rings is 2. The van der Waals surface area contributed by atoms with Crippen LogP contribution in [-0.2, 0) is 0 Å². The van der Waals surface area contributed by atoms with Gasteiger partial charge in [-0.3, -0.25) is 0 Å². The third-order valence-corrected chi connectivity index (χ3v) is 13.1. The predicted octanol–water partition coefficient (Wildman–Crippen LogP) is 17.9. The summed E-state index contributed by atoms with van der Waals surface area (Å²) in [7, 11) is 0. The first-order chi connectivity index (χ1) is 32.2. The summed E-state index contributed by atoms with van der Waals surface area (Å²) in [5, 5.41) is 9.33. The summed E-state index contributed by atoms with van der Waals surface area (Å²) in [4.78, 5) is 2.39. The Labute approximate surface area is 375 Å². The van der Waals surface area contributed by atoms with Gasteiger partial charge in [-0.25, -0.2) is 0 Å². The van der Waals surface area contributed by atoms with Crippen molar-refractivity contribution in [3.63, 3.8) is 0 Å². The highest BCUT2D eigenvalue weighted by Gasteiger charge is 2.21. The van der Waals surface area contributed by atoms with Gasteiger partial charge in [0.15, 0.2) is 0 Å². The van der Waals surface area contributed by atoms with Crippen LogP contribution in [-0.4, -0.2) is 0 Å². The Morgan fingerprint density at radius 1 is 0.262 bits per heavy atom. The van der Waals surface area contributed by atoms with Crippen molar-refractivity contribution in [3.8, 4) is 44.5 Å². The Morgan fingerprint density at radius 2 is 0.754 bits per heavy atom. The molecule has 13 aromatic rings. The molecule has 0 aliphatic rings. The molecule has 0 atom stereocenters. The molecule has 2 aromatic heterocycles. The van der Waals surface area contributed by atoms with E-state index in [4.69, 9.17) is 8.83 Å². The van der Waals surface area contributed by atoms with Crippen LogP contribution in [0.5, 0.6) is 0 Å². The summed E-state index contributed by atoms with van der Waals surface area (Å²) in [6.45, 7) is 0. The van der Waals surface area contributed by atoms with Crippen molar-refractivity contribution in [1.29, 1.82) is 0 Å². The van der Waals surface area contributed by atoms with Gasteiger partial charge in [0.2, 0.25) is 0 Å². The van der Waals surface area contributed by atoms with Gasteiger partial charge in [-0.1, -0.05) is 194 Å². The quantitative estimate of drug-likeness (QED) is 0.150. The fraction of sp³-hybridized carbons (Fsp3) is 0. The molecule has 65 heavy (non-hydrogen) atoms. The molecule has 3 heteroatoms. The monoisotopic (exact) mass is 829 g/mol. The lowest BCUT2D eigenvalue weighted by atomic mass is 9.94. The molecule has 13 rings (SSSR count). The Hall–Kier alpha value is -8.66. The smallest absolute Gasteiger partial charge is 0.143 e. The number of benzene rings is 11. The summed E-state index contributed by atoms with van der Waals surface area (Å²) in [5.41, 5.74) is 15.7. The first-order valence-corrected chi connectivity index (χ1v) is 22.2. The standard InChI is InChI=1S/C62H39NO2/c1-3-14-40(15-4-1)49-21-11-24-54-55-25-12-22-50(61(55)65-60(49)54)44-30-35-46(36-31-44)63(57-26-13-23-52-47-19-8-7-18-42(47)32-37-53(52)57)45-33-28-43(29-34-45)48-38-39-51(41-16-5-2-6-17-41)62-59(48)56-20-9-10-27-58(56)64-62/h1-39H. The first kappa shape index (κ1) is 36.9.